The second-order valence-corrected chi connectivity index (χ2v) is 6.31. The van der Waals surface area contributed by atoms with Crippen LogP contribution in [0.4, 0.5) is 10.5 Å². The van der Waals surface area contributed by atoms with Crippen molar-refractivity contribution in [2.75, 3.05) is 5.32 Å². The third-order valence-electron chi connectivity index (χ3n) is 3.10. The summed E-state index contributed by atoms with van der Waals surface area (Å²) in [6.45, 7) is 11.3. The Labute approximate surface area is 126 Å². The number of amides is 3. The molecule has 1 unspecified atom stereocenters. The van der Waals surface area contributed by atoms with Gasteiger partial charge in [0.05, 0.1) is 0 Å². The SMILES string of the molecule is Cc1cccc(NC(C)C(=O)NC(=O)NC(C)(C)C)c1C. The van der Waals surface area contributed by atoms with E-state index in [1.54, 1.807) is 6.92 Å². The number of benzene rings is 1. The van der Waals surface area contributed by atoms with Gasteiger partial charge < -0.3 is 10.6 Å². The third-order valence-corrected chi connectivity index (χ3v) is 3.10. The molecule has 0 spiro atoms. The summed E-state index contributed by atoms with van der Waals surface area (Å²) in [6.07, 6.45) is 0. The molecular weight excluding hydrogens is 266 g/mol. The number of hydrogen-bond acceptors (Lipinski definition) is 3. The highest BCUT2D eigenvalue weighted by Crippen LogP contribution is 2.18. The van der Waals surface area contributed by atoms with Gasteiger partial charge >= 0.3 is 6.03 Å². The van der Waals surface area contributed by atoms with Gasteiger partial charge in [0.2, 0.25) is 5.91 Å². The number of carbonyl (C=O) groups is 2. The van der Waals surface area contributed by atoms with Crippen LogP contribution < -0.4 is 16.0 Å². The van der Waals surface area contributed by atoms with Gasteiger partial charge in [-0.25, -0.2) is 4.79 Å². The van der Waals surface area contributed by atoms with E-state index in [2.05, 4.69) is 16.0 Å². The Balaban J connectivity index is 2.63. The highest BCUT2D eigenvalue weighted by Gasteiger charge is 2.19. The number of urea groups is 1. The molecule has 3 N–H and O–H groups in total. The molecule has 0 aliphatic carbocycles. The maximum atomic E-state index is 12.0. The molecule has 0 fully saturated rings. The first kappa shape index (κ1) is 17.0. The highest BCUT2D eigenvalue weighted by molar-refractivity contribution is 5.98. The van der Waals surface area contributed by atoms with Gasteiger partial charge in [-0.2, -0.15) is 0 Å². The number of anilines is 1. The van der Waals surface area contributed by atoms with Crippen molar-refractivity contribution in [2.24, 2.45) is 0 Å². The Morgan fingerprint density at radius 2 is 1.76 bits per heavy atom. The fraction of sp³-hybridized carbons (Fsp3) is 0.500. The third kappa shape index (κ3) is 5.45. The molecule has 0 heterocycles. The van der Waals surface area contributed by atoms with E-state index in [1.165, 1.54) is 0 Å². The molecule has 3 amide bonds. The minimum Gasteiger partial charge on any atom is -0.374 e. The Kier molecular flexibility index (Phi) is 5.35. The van der Waals surface area contributed by atoms with Gasteiger partial charge in [-0.1, -0.05) is 12.1 Å². The van der Waals surface area contributed by atoms with E-state index >= 15 is 0 Å². The van der Waals surface area contributed by atoms with Crippen molar-refractivity contribution in [1.82, 2.24) is 10.6 Å². The fourth-order valence-corrected chi connectivity index (χ4v) is 1.80. The number of nitrogens with one attached hydrogen (secondary N) is 3. The zero-order valence-corrected chi connectivity index (χ0v) is 13.6. The largest absolute Gasteiger partial charge is 0.374 e. The topological polar surface area (TPSA) is 70.2 Å². The standard InChI is InChI=1S/C16H25N3O2/c1-10-8-7-9-13(11(10)2)17-12(3)14(20)18-15(21)19-16(4,5)6/h7-9,12,17H,1-6H3,(H2,18,19,20,21). The lowest BCUT2D eigenvalue weighted by Gasteiger charge is -2.22. The summed E-state index contributed by atoms with van der Waals surface area (Å²) in [5, 5.41) is 8.16. The molecule has 1 atom stereocenters. The lowest BCUT2D eigenvalue weighted by atomic mass is 10.1. The monoisotopic (exact) mass is 291 g/mol. The Bertz CT molecular complexity index is 533. The van der Waals surface area contributed by atoms with Crippen LogP contribution in [-0.2, 0) is 4.79 Å². The van der Waals surface area contributed by atoms with Gasteiger partial charge in [-0.3, -0.25) is 10.1 Å². The summed E-state index contributed by atoms with van der Waals surface area (Å²) >= 11 is 0. The average molecular weight is 291 g/mol. The molecule has 21 heavy (non-hydrogen) atoms. The minimum absolute atomic E-state index is 0.363. The highest BCUT2D eigenvalue weighted by atomic mass is 16.2. The number of hydrogen-bond donors (Lipinski definition) is 3. The van der Waals surface area contributed by atoms with Gasteiger partial charge in [-0.15, -0.1) is 0 Å². The van der Waals surface area contributed by atoms with E-state index in [0.717, 1.165) is 16.8 Å². The molecule has 1 aromatic carbocycles. The molecule has 5 heteroatoms. The zero-order chi connectivity index (χ0) is 16.2. The second kappa shape index (κ2) is 6.61. The lowest BCUT2D eigenvalue weighted by Crippen LogP contribution is -2.51. The molecule has 0 saturated heterocycles. The first-order valence-electron chi connectivity index (χ1n) is 7.06. The van der Waals surface area contributed by atoms with Crippen molar-refractivity contribution >= 4 is 17.6 Å². The quantitative estimate of drug-likeness (QED) is 0.802. The van der Waals surface area contributed by atoms with Crippen molar-refractivity contribution in [1.29, 1.82) is 0 Å². The van der Waals surface area contributed by atoms with Crippen molar-refractivity contribution in [3.05, 3.63) is 29.3 Å². The van der Waals surface area contributed by atoms with Gasteiger partial charge in [0.25, 0.3) is 0 Å². The number of imide groups is 1. The van der Waals surface area contributed by atoms with Crippen LogP contribution in [0.3, 0.4) is 0 Å². The van der Waals surface area contributed by atoms with E-state index in [0.29, 0.717) is 0 Å². The molecule has 0 radical (unpaired) electrons. The molecule has 5 nitrogen and oxygen atoms in total. The molecule has 0 saturated carbocycles. The van der Waals surface area contributed by atoms with Crippen LogP contribution >= 0.6 is 0 Å². The lowest BCUT2D eigenvalue weighted by molar-refractivity contribution is -0.120. The normalized spacial score (nSPS) is 12.5. The second-order valence-electron chi connectivity index (χ2n) is 6.31. The van der Waals surface area contributed by atoms with E-state index in [-0.39, 0.29) is 11.4 Å². The number of carbonyl (C=O) groups excluding carboxylic acids is 2. The van der Waals surface area contributed by atoms with Gasteiger partial charge in [0, 0.05) is 11.2 Å². The maximum Gasteiger partial charge on any atom is 0.321 e. The maximum absolute atomic E-state index is 12.0. The minimum atomic E-state index is -0.504. The summed E-state index contributed by atoms with van der Waals surface area (Å²) in [4.78, 5) is 23.7. The molecule has 116 valence electrons. The molecule has 1 aromatic rings. The van der Waals surface area contributed by atoms with Gasteiger partial charge in [0.1, 0.15) is 6.04 Å². The fourth-order valence-electron chi connectivity index (χ4n) is 1.80. The Morgan fingerprint density at radius 3 is 2.33 bits per heavy atom. The summed E-state index contributed by atoms with van der Waals surface area (Å²) in [5.41, 5.74) is 2.76. The van der Waals surface area contributed by atoms with E-state index in [9.17, 15) is 9.59 Å². The number of rotatable bonds is 3. The molecule has 0 aliphatic rings. The Hall–Kier alpha value is -2.04. The van der Waals surface area contributed by atoms with Crippen LogP contribution in [0.5, 0.6) is 0 Å². The molecule has 0 aliphatic heterocycles. The van der Waals surface area contributed by atoms with Crippen LogP contribution in [0.1, 0.15) is 38.8 Å². The number of aryl methyl sites for hydroxylation is 1. The van der Waals surface area contributed by atoms with Crippen LogP contribution in [0, 0.1) is 13.8 Å². The smallest absolute Gasteiger partial charge is 0.321 e. The molecule has 1 rings (SSSR count). The summed E-state index contributed by atoms with van der Waals surface area (Å²) < 4.78 is 0. The first-order valence-corrected chi connectivity index (χ1v) is 7.06. The van der Waals surface area contributed by atoms with Crippen molar-refractivity contribution in [3.63, 3.8) is 0 Å². The van der Waals surface area contributed by atoms with Gasteiger partial charge in [-0.05, 0) is 58.7 Å². The van der Waals surface area contributed by atoms with Crippen LogP contribution in [0.25, 0.3) is 0 Å². The molecule has 0 bridgehead atoms. The molecule has 0 aromatic heterocycles. The summed E-state index contributed by atoms with van der Waals surface area (Å²) in [6, 6.07) is 4.88. The van der Waals surface area contributed by atoms with Crippen LogP contribution in [-0.4, -0.2) is 23.5 Å². The molecular formula is C16H25N3O2. The summed E-state index contributed by atoms with van der Waals surface area (Å²) in [5.74, 6) is -0.363. The zero-order valence-electron chi connectivity index (χ0n) is 13.6. The van der Waals surface area contributed by atoms with E-state index < -0.39 is 12.1 Å². The van der Waals surface area contributed by atoms with E-state index in [4.69, 9.17) is 0 Å². The van der Waals surface area contributed by atoms with E-state index in [1.807, 2.05) is 52.8 Å². The van der Waals surface area contributed by atoms with Gasteiger partial charge in [0.15, 0.2) is 0 Å². The van der Waals surface area contributed by atoms with Crippen molar-refractivity contribution in [2.45, 2.75) is 53.1 Å². The average Bonchev–Trinajstić information content (AvgIpc) is 2.32. The summed E-state index contributed by atoms with van der Waals surface area (Å²) in [7, 11) is 0. The van der Waals surface area contributed by atoms with Crippen molar-refractivity contribution in [3.8, 4) is 0 Å². The predicted molar refractivity (Wildman–Crippen MR) is 85.4 cm³/mol. The van der Waals surface area contributed by atoms with Crippen LogP contribution in [0.2, 0.25) is 0 Å². The predicted octanol–water partition coefficient (Wildman–Crippen LogP) is 2.73. The van der Waals surface area contributed by atoms with Crippen molar-refractivity contribution < 1.29 is 9.59 Å². The van der Waals surface area contributed by atoms with Crippen LogP contribution in [0.15, 0.2) is 18.2 Å². The first-order chi connectivity index (χ1) is 9.60. The Morgan fingerprint density at radius 1 is 1.14 bits per heavy atom.